The number of aryl methyl sites for hydroxylation is 1. The number of fused-ring (bicyclic) bond motifs is 1. The lowest BCUT2D eigenvalue weighted by Crippen LogP contribution is -2.14. The maximum absolute atomic E-state index is 12.7. The molecule has 1 unspecified atom stereocenters. The average Bonchev–Trinajstić information content (AvgIpc) is 3.28. The average molecular weight is 393 g/mol. The number of nitrogens with zero attached hydrogens (tertiary/aromatic N) is 1. The second-order valence-corrected chi connectivity index (χ2v) is 6.69. The lowest BCUT2D eigenvalue weighted by atomic mass is 10.1. The van der Waals surface area contributed by atoms with Gasteiger partial charge in [-0.1, -0.05) is 12.1 Å². The third-order valence-electron chi connectivity index (χ3n) is 4.66. The van der Waals surface area contributed by atoms with Crippen molar-refractivity contribution < 1.29 is 23.8 Å². The van der Waals surface area contributed by atoms with E-state index in [0.29, 0.717) is 17.0 Å². The minimum absolute atomic E-state index is 0.0182. The zero-order chi connectivity index (χ0) is 20.5. The van der Waals surface area contributed by atoms with Gasteiger partial charge >= 0.3 is 0 Å². The lowest BCUT2D eigenvalue weighted by Gasteiger charge is -2.08. The van der Waals surface area contributed by atoms with Crippen molar-refractivity contribution >= 4 is 23.2 Å². The number of hydrogen-bond donors (Lipinski definition) is 3. The number of amides is 2. The molecule has 0 saturated carbocycles. The summed E-state index contributed by atoms with van der Waals surface area (Å²) in [6.45, 7) is 1.61. The second-order valence-electron chi connectivity index (χ2n) is 6.69. The number of benzene rings is 2. The van der Waals surface area contributed by atoms with E-state index in [1.165, 1.54) is 7.11 Å². The molecule has 1 aromatic heterocycles. The quantitative estimate of drug-likeness (QED) is 0.614. The molecule has 2 aromatic carbocycles. The zero-order valence-corrected chi connectivity index (χ0v) is 15.9. The van der Waals surface area contributed by atoms with Crippen LogP contribution < -0.4 is 15.4 Å². The molecule has 8 heteroatoms. The molecule has 0 radical (unpaired) electrons. The fraction of sp³-hybridized carbons (Fsp3) is 0.190. The summed E-state index contributed by atoms with van der Waals surface area (Å²) in [4.78, 5) is 28.3. The van der Waals surface area contributed by atoms with E-state index in [0.717, 1.165) is 11.3 Å². The Morgan fingerprint density at radius 1 is 1.31 bits per heavy atom. The molecule has 0 spiro atoms. The van der Waals surface area contributed by atoms with Crippen LogP contribution >= 0.6 is 0 Å². The summed E-state index contributed by atoms with van der Waals surface area (Å²) in [5.74, 6) is 0.356. The van der Waals surface area contributed by atoms with Crippen molar-refractivity contribution in [3.05, 3.63) is 70.9 Å². The molecule has 1 aliphatic rings. The van der Waals surface area contributed by atoms with Gasteiger partial charge in [0.15, 0.2) is 11.8 Å². The van der Waals surface area contributed by atoms with Gasteiger partial charge in [-0.15, -0.1) is 0 Å². The zero-order valence-electron chi connectivity index (χ0n) is 15.9. The van der Waals surface area contributed by atoms with E-state index < -0.39 is 12.0 Å². The Labute approximate surface area is 166 Å². The predicted molar refractivity (Wildman–Crippen MR) is 105 cm³/mol. The van der Waals surface area contributed by atoms with Gasteiger partial charge in [-0.05, 0) is 48.4 Å². The molecule has 1 aliphatic heterocycles. The molecule has 3 aromatic rings. The first kappa shape index (κ1) is 18.7. The van der Waals surface area contributed by atoms with Crippen LogP contribution in [0.1, 0.15) is 39.4 Å². The van der Waals surface area contributed by atoms with Gasteiger partial charge in [0, 0.05) is 11.4 Å². The first-order chi connectivity index (χ1) is 13.9. The first-order valence-electron chi connectivity index (χ1n) is 8.98. The number of methoxy groups -OCH3 is 1. The Balaban J connectivity index is 1.54. The standard InChI is InChI=1S/C21H19N3O5/c1-11-18(20(27)22-14-6-7-16-13(8-14)10-17(25)23-16)24-21(29-11)19(26)12-4-3-5-15(9-12)28-2/h3-9,19,26H,10H2,1-2H3,(H,22,27)(H,23,25). The van der Waals surface area contributed by atoms with Gasteiger partial charge in [-0.25, -0.2) is 4.98 Å². The minimum Gasteiger partial charge on any atom is -0.497 e. The van der Waals surface area contributed by atoms with Crippen LogP contribution in [0, 0.1) is 6.92 Å². The number of hydrogen-bond acceptors (Lipinski definition) is 6. The van der Waals surface area contributed by atoms with E-state index >= 15 is 0 Å². The Hall–Kier alpha value is -3.65. The molecule has 1 atom stereocenters. The van der Waals surface area contributed by atoms with E-state index in [4.69, 9.17) is 9.15 Å². The summed E-state index contributed by atoms with van der Waals surface area (Å²) >= 11 is 0. The second kappa shape index (κ2) is 7.40. The summed E-state index contributed by atoms with van der Waals surface area (Å²) in [7, 11) is 1.54. The Morgan fingerprint density at radius 3 is 2.93 bits per heavy atom. The number of carbonyl (C=O) groups excluding carboxylic acids is 2. The van der Waals surface area contributed by atoms with Gasteiger partial charge in [0.25, 0.3) is 5.91 Å². The molecule has 8 nitrogen and oxygen atoms in total. The van der Waals surface area contributed by atoms with E-state index in [2.05, 4.69) is 15.6 Å². The molecule has 29 heavy (non-hydrogen) atoms. The number of oxazole rings is 1. The van der Waals surface area contributed by atoms with Gasteiger partial charge in [-0.2, -0.15) is 0 Å². The molecular formula is C21H19N3O5. The van der Waals surface area contributed by atoms with Gasteiger partial charge in [0.05, 0.1) is 13.5 Å². The van der Waals surface area contributed by atoms with Crippen molar-refractivity contribution in [2.45, 2.75) is 19.4 Å². The normalized spacial score (nSPS) is 13.6. The number of ether oxygens (including phenoxy) is 1. The van der Waals surface area contributed by atoms with Crippen LogP contribution in [0.4, 0.5) is 11.4 Å². The van der Waals surface area contributed by atoms with E-state index in [1.54, 1.807) is 49.4 Å². The van der Waals surface area contributed by atoms with Gasteiger partial charge < -0.3 is 24.9 Å². The number of nitrogens with one attached hydrogen (secondary N) is 2. The number of anilines is 2. The third kappa shape index (κ3) is 3.70. The van der Waals surface area contributed by atoms with E-state index in [1.807, 2.05) is 0 Å². The number of rotatable bonds is 5. The summed E-state index contributed by atoms with van der Waals surface area (Å²) in [6, 6.07) is 12.1. The molecule has 0 bridgehead atoms. The molecule has 0 saturated heterocycles. The summed E-state index contributed by atoms with van der Waals surface area (Å²) in [5, 5.41) is 16.1. The molecule has 0 aliphatic carbocycles. The van der Waals surface area contributed by atoms with Gasteiger partial charge in [0.1, 0.15) is 11.5 Å². The van der Waals surface area contributed by atoms with Crippen molar-refractivity contribution in [1.82, 2.24) is 4.98 Å². The van der Waals surface area contributed by atoms with Crippen LogP contribution in [-0.2, 0) is 11.2 Å². The third-order valence-corrected chi connectivity index (χ3v) is 4.66. The van der Waals surface area contributed by atoms with Gasteiger partial charge in [0.2, 0.25) is 11.8 Å². The SMILES string of the molecule is COc1cccc(C(O)c2nc(C(=O)Nc3ccc4c(c3)CC(=O)N4)c(C)o2)c1. The van der Waals surface area contributed by atoms with Crippen molar-refractivity contribution in [2.75, 3.05) is 17.7 Å². The molecular weight excluding hydrogens is 374 g/mol. The van der Waals surface area contributed by atoms with E-state index in [-0.39, 0.29) is 29.7 Å². The Kier molecular flexibility index (Phi) is 4.77. The Morgan fingerprint density at radius 2 is 2.14 bits per heavy atom. The fourth-order valence-corrected chi connectivity index (χ4v) is 3.20. The molecule has 3 N–H and O–H groups in total. The highest BCUT2D eigenvalue weighted by atomic mass is 16.5. The van der Waals surface area contributed by atoms with Crippen LogP contribution in [0.3, 0.4) is 0 Å². The summed E-state index contributed by atoms with van der Waals surface area (Å²) in [5.41, 5.74) is 2.72. The predicted octanol–water partition coefficient (Wildman–Crippen LogP) is 2.82. The van der Waals surface area contributed by atoms with Crippen LogP contribution in [0.15, 0.2) is 46.9 Å². The fourth-order valence-electron chi connectivity index (χ4n) is 3.20. The smallest absolute Gasteiger partial charge is 0.277 e. The maximum Gasteiger partial charge on any atom is 0.277 e. The number of aromatic nitrogens is 1. The molecule has 4 rings (SSSR count). The minimum atomic E-state index is -1.14. The van der Waals surface area contributed by atoms with Crippen LogP contribution in [-0.4, -0.2) is 29.0 Å². The topological polar surface area (TPSA) is 114 Å². The molecule has 2 heterocycles. The number of carbonyl (C=O) groups is 2. The van der Waals surface area contributed by atoms with Crippen LogP contribution in [0.25, 0.3) is 0 Å². The van der Waals surface area contributed by atoms with Gasteiger partial charge in [-0.3, -0.25) is 9.59 Å². The highest BCUT2D eigenvalue weighted by Gasteiger charge is 2.24. The first-order valence-corrected chi connectivity index (χ1v) is 8.98. The number of aliphatic hydroxyl groups excluding tert-OH is 1. The highest BCUT2D eigenvalue weighted by molar-refractivity contribution is 6.04. The van der Waals surface area contributed by atoms with Crippen LogP contribution in [0.2, 0.25) is 0 Å². The highest BCUT2D eigenvalue weighted by Crippen LogP contribution is 2.28. The lowest BCUT2D eigenvalue weighted by molar-refractivity contribution is -0.115. The van der Waals surface area contributed by atoms with Crippen LogP contribution in [0.5, 0.6) is 5.75 Å². The van der Waals surface area contributed by atoms with Crippen molar-refractivity contribution in [3.8, 4) is 5.75 Å². The molecule has 2 amide bonds. The number of aliphatic hydroxyl groups is 1. The van der Waals surface area contributed by atoms with Crippen molar-refractivity contribution in [2.24, 2.45) is 0 Å². The summed E-state index contributed by atoms with van der Waals surface area (Å²) < 4.78 is 10.7. The van der Waals surface area contributed by atoms with Crippen molar-refractivity contribution in [3.63, 3.8) is 0 Å². The monoisotopic (exact) mass is 393 g/mol. The largest absolute Gasteiger partial charge is 0.497 e. The maximum atomic E-state index is 12.7. The van der Waals surface area contributed by atoms with Crippen molar-refractivity contribution in [1.29, 1.82) is 0 Å². The molecule has 148 valence electrons. The summed E-state index contributed by atoms with van der Waals surface area (Å²) in [6.07, 6.45) is -0.860. The Bertz CT molecular complexity index is 1110. The molecule has 0 fully saturated rings. The van der Waals surface area contributed by atoms with E-state index in [9.17, 15) is 14.7 Å².